The van der Waals surface area contributed by atoms with Crippen molar-refractivity contribution in [3.05, 3.63) is 52.7 Å². The molecular weight excluding hydrogens is 202 g/mol. The lowest BCUT2D eigenvalue weighted by molar-refractivity contribution is 0.101. The molecule has 0 amide bonds. The molecule has 0 bridgehead atoms. The number of aryl methyl sites for hydroxylation is 3. The monoisotopic (exact) mass is 215 g/mol. The minimum atomic E-state index is -0.109. The summed E-state index contributed by atoms with van der Waals surface area (Å²) in [4.78, 5) is 16.2. The molecule has 2 rings (SSSR count). The second-order valence-corrected chi connectivity index (χ2v) is 3.82. The van der Waals surface area contributed by atoms with Crippen LogP contribution < -0.4 is 0 Å². The van der Waals surface area contributed by atoms with Gasteiger partial charge in [0, 0.05) is 17.5 Å². The lowest BCUT2D eigenvalue weighted by atomic mass is 10.1. The summed E-state index contributed by atoms with van der Waals surface area (Å²) < 4.78 is 5.41. The van der Waals surface area contributed by atoms with Gasteiger partial charge in [0.25, 0.3) is 0 Å². The Morgan fingerprint density at radius 2 is 2.06 bits per heavy atom. The fraction of sp³-hybridized carbons (Fsp3) is 0.231. The Labute approximate surface area is 94.1 Å². The number of rotatable bonds is 2. The summed E-state index contributed by atoms with van der Waals surface area (Å²) in [5, 5.41) is 0. The zero-order chi connectivity index (χ0) is 11.7. The minimum absolute atomic E-state index is 0.109. The number of hydrogen-bond donors (Lipinski definition) is 0. The number of furan rings is 1. The van der Waals surface area contributed by atoms with E-state index in [0.717, 1.165) is 17.0 Å². The molecule has 0 aliphatic carbocycles. The van der Waals surface area contributed by atoms with E-state index >= 15 is 0 Å². The number of carbonyl (C=O) groups is 1. The highest BCUT2D eigenvalue weighted by molar-refractivity contribution is 6.07. The van der Waals surface area contributed by atoms with E-state index in [9.17, 15) is 4.79 Å². The summed E-state index contributed by atoms with van der Waals surface area (Å²) in [7, 11) is 0. The molecule has 0 saturated carbocycles. The van der Waals surface area contributed by atoms with Crippen LogP contribution in [0.5, 0.6) is 0 Å². The summed E-state index contributed by atoms with van der Waals surface area (Å²) >= 11 is 0. The van der Waals surface area contributed by atoms with E-state index in [-0.39, 0.29) is 5.78 Å². The highest BCUT2D eigenvalue weighted by Crippen LogP contribution is 2.18. The molecule has 0 unspecified atom stereocenters. The third-order valence-corrected chi connectivity index (χ3v) is 2.64. The predicted octanol–water partition coefficient (Wildman–Crippen LogP) is 2.83. The molecule has 16 heavy (non-hydrogen) atoms. The second-order valence-electron chi connectivity index (χ2n) is 3.82. The highest BCUT2D eigenvalue weighted by atomic mass is 16.3. The molecule has 0 radical (unpaired) electrons. The predicted molar refractivity (Wildman–Crippen MR) is 60.6 cm³/mol. The maximum absolute atomic E-state index is 12.1. The fourth-order valence-electron chi connectivity index (χ4n) is 1.54. The first-order chi connectivity index (χ1) is 7.59. The van der Waals surface area contributed by atoms with E-state index in [1.54, 1.807) is 24.4 Å². The van der Waals surface area contributed by atoms with Crippen molar-refractivity contribution < 1.29 is 9.21 Å². The summed E-state index contributed by atoms with van der Waals surface area (Å²) in [6, 6.07) is 5.28. The van der Waals surface area contributed by atoms with Crippen LogP contribution in [0.25, 0.3) is 0 Å². The molecule has 0 saturated heterocycles. The quantitative estimate of drug-likeness (QED) is 0.723. The smallest absolute Gasteiger partial charge is 0.230 e. The van der Waals surface area contributed by atoms with E-state index in [1.807, 2.05) is 20.8 Å². The van der Waals surface area contributed by atoms with Crippen molar-refractivity contribution in [3.63, 3.8) is 0 Å². The third kappa shape index (κ3) is 1.76. The summed E-state index contributed by atoms with van der Waals surface area (Å²) in [6.45, 7) is 5.59. The van der Waals surface area contributed by atoms with Crippen molar-refractivity contribution in [2.45, 2.75) is 20.8 Å². The molecule has 3 nitrogen and oxygen atoms in total. The molecule has 2 heterocycles. The SMILES string of the molecule is Cc1cc(C(=O)c2cccnc2C)oc1C. The first kappa shape index (κ1) is 10.6. The molecule has 0 N–H and O–H groups in total. The molecule has 3 heteroatoms. The molecule has 0 aliphatic heterocycles. The number of ketones is 1. The van der Waals surface area contributed by atoms with Crippen molar-refractivity contribution in [3.8, 4) is 0 Å². The van der Waals surface area contributed by atoms with E-state index < -0.39 is 0 Å². The van der Waals surface area contributed by atoms with Gasteiger partial charge in [-0.15, -0.1) is 0 Å². The molecule has 82 valence electrons. The lowest BCUT2D eigenvalue weighted by Crippen LogP contribution is -2.03. The van der Waals surface area contributed by atoms with Gasteiger partial charge in [-0.3, -0.25) is 9.78 Å². The van der Waals surface area contributed by atoms with Crippen molar-refractivity contribution in [2.24, 2.45) is 0 Å². The van der Waals surface area contributed by atoms with Gasteiger partial charge in [0.1, 0.15) is 5.76 Å². The molecule has 0 aliphatic rings. The van der Waals surface area contributed by atoms with Crippen LogP contribution in [-0.4, -0.2) is 10.8 Å². The van der Waals surface area contributed by atoms with Gasteiger partial charge in [-0.2, -0.15) is 0 Å². The van der Waals surface area contributed by atoms with Gasteiger partial charge in [-0.25, -0.2) is 0 Å². The van der Waals surface area contributed by atoms with Gasteiger partial charge in [-0.05, 0) is 44.5 Å². The number of pyridine rings is 1. The van der Waals surface area contributed by atoms with E-state index in [4.69, 9.17) is 4.42 Å². The Bertz CT molecular complexity index is 521. The van der Waals surface area contributed by atoms with Crippen molar-refractivity contribution >= 4 is 5.78 Å². The maximum Gasteiger partial charge on any atom is 0.230 e. The Balaban J connectivity index is 2.43. The summed E-state index contributed by atoms with van der Waals surface area (Å²) in [5.74, 6) is 1.05. The van der Waals surface area contributed by atoms with Gasteiger partial charge >= 0.3 is 0 Å². The van der Waals surface area contributed by atoms with Crippen LogP contribution in [-0.2, 0) is 0 Å². The number of hydrogen-bond acceptors (Lipinski definition) is 3. The number of aromatic nitrogens is 1. The zero-order valence-corrected chi connectivity index (χ0v) is 9.57. The topological polar surface area (TPSA) is 43.1 Å². The number of nitrogens with zero attached hydrogens (tertiary/aromatic N) is 1. The second kappa shape index (κ2) is 3.93. The Morgan fingerprint density at radius 3 is 2.62 bits per heavy atom. The van der Waals surface area contributed by atoms with Gasteiger partial charge in [0.05, 0.1) is 0 Å². The van der Waals surface area contributed by atoms with Gasteiger partial charge < -0.3 is 4.42 Å². The Morgan fingerprint density at radius 1 is 1.31 bits per heavy atom. The van der Waals surface area contributed by atoms with Crippen LogP contribution in [0.3, 0.4) is 0 Å². The average Bonchev–Trinajstić information content (AvgIpc) is 2.59. The molecular formula is C13H13NO2. The van der Waals surface area contributed by atoms with Gasteiger partial charge in [-0.1, -0.05) is 0 Å². The van der Waals surface area contributed by atoms with Crippen molar-refractivity contribution in [2.75, 3.05) is 0 Å². The molecule has 2 aromatic heterocycles. The van der Waals surface area contributed by atoms with Gasteiger partial charge in [0.2, 0.25) is 5.78 Å². The van der Waals surface area contributed by atoms with Crippen LogP contribution in [0.2, 0.25) is 0 Å². The van der Waals surface area contributed by atoms with Crippen molar-refractivity contribution in [1.82, 2.24) is 4.98 Å². The standard InChI is InChI=1S/C13H13NO2/c1-8-7-12(16-10(8)3)13(15)11-5-4-6-14-9(11)2/h4-7H,1-3H3. The first-order valence-corrected chi connectivity index (χ1v) is 5.13. The Kier molecular flexibility index (Phi) is 2.60. The fourth-order valence-corrected chi connectivity index (χ4v) is 1.54. The normalized spacial score (nSPS) is 10.4. The third-order valence-electron chi connectivity index (χ3n) is 2.64. The highest BCUT2D eigenvalue weighted by Gasteiger charge is 2.16. The summed E-state index contributed by atoms with van der Waals surface area (Å²) in [6.07, 6.45) is 1.67. The minimum Gasteiger partial charge on any atom is -0.458 e. The zero-order valence-electron chi connectivity index (χ0n) is 9.57. The molecule has 0 atom stereocenters. The van der Waals surface area contributed by atoms with Crippen LogP contribution >= 0.6 is 0 Å². The van der Waals surface area contributed by atoms with Crippen LogP contribution in [0, 0.1) is 20.8 Å². The van der Waals surface area contributed by atoms with Crippen LogP contribution in [0.1, 0.15) is 33.1 Å². The summed E-state index contributed by atoms with van der Waals surface area (Å²) in [5.41, 5.74) is 2.31. The first-order valence-electron chi connectivity index (χ1n) is 5.13. The van der Waals surface area contributed by atoms with Crippen LogP contribution in [0.15, 0.2) is 28.8 Å². The molecule has 0 aromatic carbocycles. The van der Waals surface area contributed by atoms with Crippen LogP contribution in [0.4, 0.5) is 0 Å². The largest absolute Gasteiger partial charge is 0.458 e. The maximum atomic E-state index is 12.1. The van der Waals surface area contributed by atoms with Gasteiger partial charge in [0.15, 0.2) is 5.76 Å². The Hall–Kier alpha value is -1.90. The van der Waals surface area contributed by atoms with E-state index in [0.29, 0.717) is 11.3 Å². The average molecular weight is 215 g/mol. The lowest BCUT2D eigenvalue weighted by Gasteiger charge is -2.00. The molecule has 0 spiro atoms. The molecule has 0 fully saturated rings. The van der Waals surface area contributed by atoms with E-state index in [2.05, 4.69) is 4.98 Å². The van der Waals surface area contributed by atoms with Crippen molar-refractivity contribution in [1.29, 1.82) is 0 Å². The molecule has 2 aromatic rings. The number of carbonyl (C=O) groups excluding carboxylic acids is 1. The van der Waals surface area contributed by atoms with E-state index in [1.165, 1.54) is 0 Å².